The fourth-order valence-corrected chi connectivity index (χ4v) is 3.38. The topological polar surface area (TPSA) is 88.8 Å². The van der Waals surface area contributed by atoms with E-state index in [-0.39, 0.29) is 36.0 Å². The van der Waals surface area contributed by atoms with Crippen LogP contribution in [0.3, 0.4) is 0 Å². The summed E-state index contributed by atoms with van der Waals surface area (Å²) in [5.41, 5.74) is 4.03. The van der Waals surface area contributed by atoms with Gasteiger partial charge in [-0.2, -0.15) is 8.78 Å². The van der Waals surface area contributed by atoms with Crippen molar-refractivity contribution in [3.8, 4) is 17.0 Å². The third kappa shape index (κ3) is 7.34. The SMILES string of the molecule is Cc1nccnc1-c1ccc(CC(=O)C(=N)C[C@H](C)c2ccc(OCC(F)(F)I)cn2)cc1. The Bertz CT molecular complexity index is 1120. The highest BCUT2D eigenvalue weighted by Crippen LogP contribution is 2.25. The minimum atomic E-state index is -2.95. The van der Waals surface area contributed by atoms with Crippen molar-refractivity contribution in [2.24, 2.45) is 0 Å². The number of alkyl halides is 3. The lowest BCUT2D eigenvalue weighted by Gasteiger charge is -2.13. The molecule has 0 aliphatic heterocycles. The summed E-state index contributed by atoms with van der Waals surface area (Å²) in [4.78, 5) is 25.4. The molecule has 3 aromatic rings. The minimum Gasteiger partial charge on any atom is -0.485 e. The molecule has 0 unspecified atom stereocenters. The predicted molar refractivity (Wildman–Crippen MR) is 130 cm³/mol. The number of hydrogen-bond donors (Lipinski definition) is 1. The Kier molecular flexibility index (Phi) is 8.17. The first-order valence-corrected chi connectivity index (χ1v) is 11.3. The summed E-state index contributed by atoms with van der Waals surface area (Å²) in [6, 6.07) is 10.7. The van der Waals surface area contributed by atoms with Gasteiger partial charge in [0.25, 0.3) is 0 Å². The molecule has 0 fully saturated rings. The summed E-state index contributed by atoms with van der Waals surface area (Å²) in [5, 5.41) is 8.20. The largest absolute Gasteiger partial charge is 0.485 e. The van der Waals surface area contributed by atoms with E-state index in [9.17, 15) is 13.6 Å². The number of pyridine rings is 1. The van der Waals surface area contributed by atoms with Crippen molar-refractivity contribution in [3.05, 3.63) is 71.9 Å². The Morgan fingerprint density at radius 2 is 1.82 bits per heavy atom. The molecule has 0 aliphatic carbocycles. The van der Waals surface area contributed by atoms with Crippen LogP contribution in [0.25, 0.3) is 11.3 Å². The van der Waals surface area contributed by atoms with E-state index in [1.807, 2.05) is 38.1 Å². The van der Waals surface area contributed by atoms with Gasteiger partial charge in [-0.25, -0.2) is 0 Å². The Morgan fingerprint density at radius 3 is 2.42 bits per heavy atom. The van der Waals surface area contributed by atoms with E-state index < -0.39 is 10.5 Å². The van der Waals surface area contributed by atoms with E-state index in [1.165, 1.54) is 6.20 Å². The van der Waals surface area contributed by atoms with E-state index >= 15 is 0 Å². The van der Waals surface area contributed by atoms with Gasteiger partial charge in [0, 0.05) is 65.0 Å². The smallest absolute Gasteiger partial charge is 0.329 e. The van der Waals surface area contributed by atoms with Gasteiger partial charge in [0.1, 0.15) is 5.75 Å². The van der Waals surface area contributed by atoms with Crippen LogP contribution in [0.15, 0.2) is 55.0 Å². The molecule has 9 heteroatoms. The number of halogens is 3. The number of Topliss-reactive ketones (excluding diaryl/α,β-unsaturated/α-hetero) is 1. The number of carbonyl (C=O) groups is 1. The lowest BCUT2D eigenvalue weighted by molar-refractivity contribution is -0.112. The Balaban J connectivity index is 1.55. The van der Waals surface area contributed by atoms with Crippen molar-refractivity contribution in [2.45, 2.75) is 36.5 Å². The molecule has 1 atom stereocenters. The fraction of sp³-hybridized carbons (Fsp3) is 0.292. The number of hydrogen-bond acceptors (Lipinski definition) is 6. The second-order valence-corrected chi connectivity index (χ2v) is 9.27. The molecule has 3 rings (SSSR count). The van der Waals surface area contributed by atoms with Gasteiger partial charge in [-0.05, 0) is 24.6 Å². The highest BCUT2D eigenvalue weighted by molar-refractivity contribution is 14.1. The molecule has 2 aromatic heterocycles. The number of nitrogens with one attached hydrogen (secondary N) is 1. The molecule has 0 saturated carbocycles. The summed E-state index contributed by atoms with van der Waals surface area (Å²) in [6.07, 6.45) is 5.02. The molecule has 2 heterocycles. The number of rotatable bonds is 10. The van der Waals surface area contributed by atoms with Crippen LogP contribution in [-0.4, -0.2) is 37.0 Å². The zero-order valence-corrected chi connectivity index (χ0v) is 20.3. The molecule has 0 spiro atoms. The van der Waals surface area contributed by atoms with Crippen LogP contribution in [0.2, 0.25) is 0 Å². The molecule has 0 bridgehead atoms. The van der Waals surface area contributed by atoms with Gasteiger partial charge in [-0.3, -0.25) is 19.7 Å². The lowest BCUT2D eigenvalue weighted by Crippen LogP contribution is -2.18. The summed E-state index contributed by atoms with van der Waals surface area (Å²) >= 11 is 1.01. The zero-order chi connectivity index (χ0) is 24.0. The average Bonchev–Trinajstić information content (AvgIpc) is 2.78. The molecule has 0 aliphatic rings. The Morgan fingerprint density at radius 1 is 1.12 bits per heavy atom. The summed E-state index contributed by atoms with van der Waals surface area (Å²) in [6.45, 7) is 3.02. The molecule has 33 heavy (non-hydrogen) atoms. The first-order valence-electron chi connectivity index (χ1n) is 10.3. The number of aromatic nitrogens is 3. The van der Waals surface area contributed by atoms with Gasteiger partial charge in [-0.15, -0.1) is 0 Å². The molecule has 1 aromatic carbocycles. The van der Waals surface area contributed by atoms with Crippen LogP contribution in [0.5, 0.6) is 5.75 Å². The highest BCUT2D eigenvalue weighted by Gasteiger charge is 2.25. The van der Waals surface area contributed by atoms with Crippen molar-refractivity contribution >= 4 is 34.1 Å². The second kappa shape index (κ2) is 10.9. The van der Waals surface area contributed by atoms with Crippen LogP contribution < -0.4 is 4.74 Å². The highest BCUT2D eigenvalue weighted by atomic mass is 127. The van der Waals surface area contributed by atoms with Crippen molar-refractivity contribution in [3.63, 3.8) is 0 Å². The predicted octanol–water partition coefficient (Wildman–Crippen LogP) is 5.58. The van der Waals surface area contributed by atoms with Crippen LogP contribution in [0.4, 0.5) is 8.78 Å². The summed E-state index contributed by atoms with van der Waals surface area (Å²) in [7, 11) is 0. The van der Waals surface area contributed by atoms with Gasteiger partial charge in [0.15, 0.2) is 12.4 Å². The van der Waals surface area contributed by atoms with Gasteiger partial charge in [0.2, 0.25) is 0 Å². The van der Waals surface area contributed by atoms with E-state index in [0.29, 0.717) is 5.69 Å². The Hall–Kier alpha value is -2.82. The van der Waals surface area contributed by atoms with Crippen molar-refractivity contribution in [1.82, 2.24) is 15.0 Å². The maximum atomic E-state index is 12.9. The molecular formula is C24H23F2IN4O2. The third-order valence-corrected chi connectivity index (χ3v) is 5.30. The standard InChI is InChI=1S/C24H23F2IN4O2/c1-15(21-8-7-19(13-31-21)33-14-24(25,26)27)11-20(28)22(32)12-17-3-5-18(6-4-17)23-16(2)29-9-10-30-23/h3-10,13,15,28H,11-12,14H2,1-2H3/t15-/m0/s1. The minimum absolute atomic E-state index is 0.0167. The normalized spacial score (nSPS) is 12.3. The van der Waals surface area contributed by atoms with Crippen molar-refractivity contribution < 1.29 is 18.3 Å². The van der Waals surface area contributed by atoms with E-state index in [1.54, 1.807) is 24.5 Å². The molecule has 1 N–H and O–H groups in total. The average molecular weight is 564 g/mol. The van der Waals surface area contributed by atoms with Crippen LogP contribution in [0, 0.1) is 12.3 Å². The lowest BCUT2D eigenvalue weighted by atomic mass is 9.95. The maximum absolute atomic E-state index is 12.9. The van der Waals surface area contributed by atoms with Crippen LogP contribution in [-0.2, 0) is 11.2 Å². The second-order valence-electron chi connectivity index (χ2n) is 7.69. The molecule has 0 radical (unpaired) electrons. The summed E-state index contributed by atoms with van der Waals surface area (Å²) < 4.78 is 27.8. The Labute approximate surface area is 204 Å². The molecule has 172 valence electrons. The number of benzene rings is 1. The van der Waals surface area contributed by atoms with Gasteiger partial charge in [0.05, 0.1) is 23.3 Å². The van der Waals surface area contributed by atoms with Gasteiger partial charge >= 0.3 is 3.93 Å². The van der Waals surface area contributed by atoms with Crippen molar-refractivity contribution in [1.29, 1.82) is 5.41 Å². The number of nitrogens with zero attached hydrogens (tertiary/aromatic N) is 3. The zero-order valence-electron chi connectivity index (χ0n) is 18.2. The van der Waals surface area contributed by atoms with Crippen LogP contribution >= 0.6 is 22.6 Å². The first-order chi connectivity index (χ1) is 15.6. The number of carbonyl (C=O) groups excluding carboxylic acids is 1. The number of ether oxygens (including phenoxy) is 1. The quantitative estimate of drug-likeness (QED) is 0.197. The molecule has 0 saturated heterocycles. The molecule has 6 nitrogen and oxygen atoms in total. The van der Waals surface area contributed by atoms with E-state index in [2.05, 4.69) is 15.0 Å². The van der Waals surface area contributed by atoms with E-state index in [4.69, 9.17) is 10.1 Å². The van der Waals surface area contributed by atoms with E-state index in [0.717, 1.165) is 45.1 Å². The molecule has 0 amide bonds. The number of aryl methyl sites for hydroxylation is 1. The third-order valence-electron chi connectivity index (χ3n) is 4.99. The fourth-order valence-electron chi connectivity index (χ4n) is 3.22. The monoisotopic (exact) mass is 564 g/mol. The summed E-state index contributed by atoms with van der Waals surface area (Å²) in [5.74, 6) is -0.188. The molecular weight excluding hydrogens is 541 g/mol. The van der Waals surface area contributed by atoms with Gasteiger partial charge < -0.3 is 10.1 Å². The van der Waals surface area contributed by atoms with Crippen LogP contribution in [0.1, 0.15) is 36.2 Å². The number of ketones is 1. The van der Waals surface area contributed by atoms with Crippen molar-refractivity contribution in [2.75, 3.05) is 6.61 Å². The maximum Gasteiger partial charge on any atom is 0.329 e. The first kappa shape index (κ1) is 24.8. The van der Waals surface area contributed by atoms with Gasteiger partial charge in [-0.1, -0.05) is 31.2 Å².